The first-order valence-electron chi connectivity index (χ1n) is 5.75. The van der Waals surface area contributed by atoms with E-state index in [-0.39, 0.29) is 0 Å². The van der Waals surface area contributed by atoms with Gasteiger partial charge in [0.1, 0.15) is 5.82 Å². The van der Waals surface area contributed by atoms with E-state index in [0.29, 0.717) is 0 Å². The summed E-state index contributed by atoms with van der Waals surface area (Å²) in [6.07, 6.45) is 5.67. The van der Waals surface area contributed by atoms with Gasteiger partial charge in [-0.05, 0) is 31.4 Å². The number of nitrogen functional groups attached to an aromatic ring is 1. The van der Waals surface area contributed by atoms with Gasteiger partial charge >= 0.3 is 0 Å². The summed E-state index contributed by atoms with van der Waals surface area (Å²) in [4.78, 5) is 4.52. The van der Waals surface area contributed by atoms with Crippen molar-refractivity contribution in [1.29, 1.82) is 0 Å². The first-order chi connectivity index (χ1) is 7.84. The highest BCUT2D eigenvalue weighted by Gasteiger charge is 2.14. The zero-order chi connectivity index (χ0) is 11.0. The number of nitrogens with zero attached hydrogens (tertiary/aromatic N) is 2. The van der Waals surface area contributed by atoms with Crippen molar-refractivity contribution in [3.05, 3.63) is 36.2 Å². The van der Waals surface area contributed by atoms with Crippen LogP contribution in [0.25, 0.3) is 11.4 Å². The summed E-state index contributed by atoms with van der Waals surface area (Å²) in [5.74, 6) is 1.06. The van der Waals surface area contributed by atoms with Crippen molar-refractivity contribution in [3.8, 4) is 11.4 Å². The Kier molecular flexibility index (Phi) is 2.17. The molecule has 1 aromatic carbocycles. The van der Waals surface area contributed by atoms with E-state index in [0.717, 1.165) is 30.0 Å². The Hall–Kier alpha value is -1.77. The summed E-state index contributed by atoms with van der Waals surface area (Å²) in [7, 11) is 0. The van der Waals surface area contributed by atoms with Crippen LogP contribution in [0.3, 0.4) is 0 Å². The summed E-state index contributed by atoms with van der Waals surface area (Å²) in [5, 5.41) is 0. The van der Waals surface area contributed by atoms with Gasteiger partial charge in [-0.2, -0.15) is 0 Å². The molecular formula is C13H15N3. The lowest BCUT2D eigenvalue weighted by Gasteiger charge is -2.16. The highest BCUT2D eigenvalue weighted by atomic mass is 15.1. The van der Waals surface area contributed by atoms with Crippen molar-refractivity contribution in [1.82, 2.24) is 9.55 Å². The molecule has 0 amide bonds. The minimum Gasteiger partial charge on any atom is -0.399 e. The monoisotopic (exact) mass is 213 g/mol. The molecule has 0 bridgehead atoms. The van der Waals surface area contributed by atoms with Gasteiger partial charge in [0.05, 0.1) is 0 Å². The van der Waals surface area contributed by atoms with Crippen molar-refractivity contribution in [3.63, 3.8) is 0 Å². The minimum atomic E-state index is 0.797. The molecule has 3 rings (SSSR count). The molecule has 1 aliphatic rings. The molecule has 1 aliphatic heterocycles. The molecule has 0 unspecified atom stereocenters. The molecule has 0 aliphatic carbocycles. The van der Waals surface area contributed by atoms with Crippen LogP contribution in [0.2, 0.25) is 0 Å². The number of hydrogen-bond acceptors (Lipinski definition) is 2. The number of fused-ring (bicyclic) bond motifs is 1. The van der Waals surface area contributed by atoms with Crippen LogP contribution in [0.15, 0.2) is 30.5 Å². The molecule has 0 fully saturated rings. The number of aromatic nitrogens is 2. The zero-order valence-electron chi connectivity index (χ0n) is 9.19. The van der Waals surface area contributed by atoms with E-state index in [1.165, 1.54) is 18.5 Å². The van der Waals surface area contributed by atoms with Crippen LogP contribution in [0, 0.1) is 0 Å². The van der Waals surface area contributed by atoms with Crippen LogP contribution in [0.1, 0.15) is 18.5 Å². The number of nitrogens with two attached hydrogens (primary N) is 1. The third-order valence-electron chi connectivity index (χ3n) is 3.15. The Labute approximate surface area is 94.9 Å². The molecule has 1 aromatic heterocycles. The van der Waals surface area contributed by atoms with Gasteiger partial charge in [-0.1, -0.05) is 12.1 Å². The Morgan fingerprint density at radius 1 is 1.25 bits per heavy atom. The molecule has 16 heavy (non-hydrogen) atoms. The number of imidazole rings is 1. The average molecular weight is 213 g/mol. The Bertz CT molecular complexity index is 514. The smallest absolute Gasteiger partial charge is 0.140 e. The first kappa shape index (κ1) is 9.46. The lowest BCUT2D eigenvalue weighted by atomic mass is 10.1. The maximum atomic E-state index is 5.80. The molecule has 2 heterocycles. The summed E-state index contributed by atoms with van der Waals surface area (Å²) in [6, 6.07) is 7.95. The van der Waals surface area contributed by atoms with Gasteiger partial charge in [0, 0.05) is 29.7 Å². The molecule has 3 heteroatoms. The van der Waals surface area contributed by atoms with Gasteiger partial charge in [0.15, 0.2) is 0 Å². The van der Waals surface area contributed by atoms with Gasteiger partial charge in [0.2, 0.25) is 0 Å². The highest BCUT2D eigenvalue weighted by molar-refractivity contribution is 5.61. The van der Waals surface area contributed by atoms with Crippen molar-refractivity contribution >= 4 is 5.69 Å². The predicted octanol–water partition coefficient (Wildman–Crippen LogP) is 2.47. The van der Waals surface area contributed by atoms with Gasteiger partial charge in [0.25, 0.3) is 0 Å². The average Bonchev–Trinajstić information content (AvgIpc) is 2.72. The second-order valence-corrected chi connectivity index (χ2v) is 4.31. The molecule has 0 saturated heterocycles. The molecule has 2 aromatic rings. The normalized spacial score (nSPS) is 14.8. The fourth-order valence-corrected chi connectivity index (χ4v) is 2.34. The fraction of sp³-hybridized carbons (Fsp3) is 0.308. The van der Waals surface area contributed by atoms with Gasteiger partial charge in [-0.15, -0.1) is 0 Å². The zero-order valence-corrected chi connectivity index (χ0v) is 9.19. The van der Waals surface area contributed by atoms with Gasteiger partial charge < -0.3 is 10.3 Å². The lowest BCUT2D eigenvalue weighted by Crippen LogP contribution is -2.10. The van der Waals surface area contributed by atoms with E-state index in [9.17, 15) is 0 Å². The lowest BCUT2D eigenvalue weighted by molar-refractivity contribution is 0.536. The van der Waals surface area contributed by atoms with Crippen LogP contribution < -0.4 is 5.73 Å². The third kappa shape index (κ3) is 1.48. The Morgan fingerprint density at radius 2 is 2.19 bits per heavy atom. The number of benzene rings is 1. The molecule has 0 atom stereocenters. The molecular weight excluding hydrogens is 198 g/mol. The van der Waals surface area contributed by atoms with E-state index in [1.54, 1.807) is 0 Å². The van der Waals surface area contributed by atoms with Crippen LogP contribution in [-0.2, 0) is 13.0 Å². The SMILES string of the molecule is Nc1cccc(-c2ncc3n2CCCC3)c1. The molecule has 0 radical (unpaired) electrons. The van der Waals surface area contributed by atoms with Crippen molar-refractivity contribution in [2.75, 3.05) is 5.73 Å². The van der Waals surface area contributed by atoms with E-state index < -0.39 is 0 Å². The summed E-state index contributed by atoms with van der Waals surface area (Å²) >= 11 is 0. The first-order valence-corrected chi connectivity index (χ1v) is 5.75. The summed E-state index contributed by atoms with van der Waals surface area (Å²) < 4.78 is 2.32. The highest BCUT2D eigenvalue weighted by Crippen LogP contribution is 2.25. The second-order valence-electron chi connectivity index (χ2n) is 4.31. The van der Waals surface area contributed by atoms with Crippen LogP contribution in [0.5, 0.6) is 0 Å². The molecule has 0 spiro atoms. The predicted molar refractivity (Wildman–Crippen MR) is 65.0 cm³/mol. The van der Waals surface area contributed by atoms with E-state index >= 15 is 0 Å². The van der Waals surface area contributed by atoms with E-state index in [1.807, 2.05) is 24.4 Å². The number of rotatable bonds is 1. The minimum absolute atomic E-state index is 0.797. The fourth-order valence-electron chi connectivity index (χ4n) is 2.34. The standard InChI is InChI=1S/C13H15N3/c14-11-5-3-4-10(8-11)13-15-9-12-6-1-2-7-16(12)13/h3-5,8-9H,1-2,6-7,14H2. The van der Waals surface area contributed by atoms with Crippen molar-refractivity contribution in [2.24, 2.45) is 0 Å². The summed E-state index contributed by atoms with van der Waals surface area (Å²) in [5.41, 5.74) is 9.07. The largest absolute Gasteiger partial charge is 0.399 e. The second kappa shape index (κ2) is 3.67. The molecule has 2 N–H and O–H groups in total. The van der Waals surface area contributed by atoms with Crippen molar-refractivity contribution in [2.45, 2.75) is 25.8 Å². The summed E-state index contributed by atoms with van der Waals surface area (Å²) in [6.45, 7) is 1.08. The van der Waals surface area contributed by atoms with Gasteiger partial charge in [-0.25, -0.2) is 4.98 Å². The molecule has 3 nitrogen and oxygen atoms in total. The van der Waals surface area contributed by atoms with E-state index in [2.05, 4.69) is 15.6 Å². The van der Waals surface area contributed by atoms with Crippen LogP contribution >= 0.6 is 0 Å². The maximum Gasteiger partial charge on any atom is 0.140 e. The molecule has 82 valence electrons. The third-order valence-corrected chi connectivity index (χ3v) is 3.15. The number of anilines is 1. The van der Waals surface area contributed by atoms with Crippen LogP contribution in [-0.4, -0.2) is 9.55 Å². The van der Waals surface area contributed by atoms with Crippen molar-refractivity contribution < 1.29 is 0 Å². The van der Waals surface area contributed by atoms with Gasteiger partial charge in [-0.3, -0.25) is 0 Å². The quantitative estimate of drug-likeness (QED) is 0.739. The topological polar surface area (TPSA) is 43.8 Å². The Morgan fingerprint density at radius 3 is 3.06 bits per heavy atom. The Balaban J connectivity index is 2.09. The van der Waals surface area contributed by atoms with E-state index in [4.69, 9.17) is 5.73 Å². The number of aryl methyl sites for hydroxylation is 1. The maximum absolute atomic E-state index is 5.80. The molecule has 0 saturated carbocycles. The number of hydrogen-bond donors (Lipinski definition) is 1. The van der Waals surface area contributed by atoms with Crippen LogP contribution in [0.4, 0.5) is 5.69 Å².